The van der Waals surface area contributed by atoms with Crippen molar-refractivity contribution in [3.05, 3.63) is 60.5 Å². The van der Waals surface area contributed by atoms with E-state index in [0.29, 0.717) is 17.1 Å². The van der Waals surface area contributed by atoms with E-state index in [4.69, 9.17) is 15.1 Å². The number of benzene rings is 2. The number of halogens is 1. The number of hydrogen-bond acceptors (Lipinski definition) is 8. The molecule has 1 heterocycles. The van der Waals surface area contributed by atoms with Gasteiger partial charge >= 0.3 is 0 Å². The standard InChI is InChI=1S/C20H19FN6O3S/c1-13(10-11-22)30-16-6-2-14(3-7-16)25-19-18(21)12-24-20(27-19)26-15-4-8-17(9-5-15)31(23,28)29/h2-9,12-13H,10H2,1H3,(H2,23,28,29)(H2,24,25,26,27). The summed E-state index contributed by atoms with van der Waals surface area (Å²) < 4.78 is 42.4. The van der Waals surface area contributed by atoms with Crippen molar-refractivity contribution in [3.63, 3.8) is 0 Å². The summed E-state index contributed by atoms with van der Waals surface area (Å²) in [4.78, 5) is 7.96. The van der Waals surface area contributed by atoms with Crippen LogP contribution in [0.4, 0.5) is 27.5 Å². The van der Waals surface area contributed by atoms with Crippen LogP contribution in [-0.4, -0.2) is 24.5 Å². The second kappa shape index (κ2) is 9.38. The second-order valence-corrected chi connectivity index (χ2v) is 8.09. The van der Waals surface area contributed by atoms with Gasteiger partial charge in [0, 0.05) is 11.4 Å². The highest BCUT2D eigenvalue weighted by Crippen LogP contribution is 2.23. The lowest BCUT2D eigenvalue weighted by Gasteiger charge is -2.13. The van der Waals surface area contributed by atoms with Crippen molar-refractivity contribution < 1.29 is 17.5 Å². The van der Waals surface area contributed by atoms with Gasteiger partial charge in [0.1, 0.15) is 11.9 Å². The molecule has 0 radical (unpaired) electrons. The molecular formula is C20H19FN6O3S. The highest BCUT2D eigenvalue weighted by Gasteiger charge is 2.10. The largest absolute Gasteiger partial charge is 0.490 e. The highest BCUT2D eigenvalue weighted by molar-refractivity contribution is 7.89. The van der Waals surface area contributed by atoms with Crippen LogP contribution in [0.25, 0.3) is 0 Å². The molecular weight excluding hydrogens is 423 g/mol. The molecule has 160 valence electrons. The van der Waals surface area contributed by atoms with E-state index in [-0.39, 0.29) is 29.2 Å². The Hall–Kier alpha value is -3.75. The topological polar surface area (TPSA) is 143 Å². The van der Waals surface area contributed by atoms with Crippen molar-refractivity contribution in [2.45, 2.75) is 24.3 Å². The summed E-state index contributed by atoms with van der Waals surface area (Å²) >= 11 is 0. The smallest absolute Gasteiger partial charge is 0.238 e. The summed E-state index contributed by atoms with van der Waals surface area (Å²) in [5.74, 6) is -0.0115. The van der Waals surface area contributed by atoms with E-state index in [1.165, 1.54) is 24.3 Å². The van der Waals surface area contributed by atoms with Crippen LogP contribution in [0.15, 0.2) is 59.6 Å². The Morgan fingerprint density at radius 2 is 1.74 bits per heavy atom. The number of hydrogen-bond donors (Lipinski definition) is 3. The van der Waals surface area contributed by atoms with Crippen LogP contribution in [0.1, 0.15) is 13.3 Å². The van der Waals surface area contributed by atoms with Gasteiger partial charge in [-0.15, -0.1) is 0 Å². The van der Waals surface area contributed by atoms with Crippen molar-refractivity contribution in [1.29, 1.82) is 5.26 Å². The zero-order valence-corrected chi connectivity index (χ0v) is 17.2. The number of rotatable bonds is 8. The maximum absolute atomic E-state index is 14.2. The van der Waals surface area contributed by atoms with Gasteiger partial charge in [0.15, 0.2) is 11.6 Å². The summed E-state index contributed by atoms with van der Waals surface area (Å²) in [6, 6.07) is 14.5. The van der Waals surface area contributed by atoms with Gasteiger partial charge in [0.05, 0.1) is 23.6 Å². The van der Waals surface area contributed by atoms with Crippen LogP contribution < -0.4 is 20.5 Å². The molecule has 9 nitrogen and oxygen atoms in total. The maximum Gasteiger partial charge on any atom is 0.238 e. The predicted molar refractivity (Wildman–Crippen MR) is 113 cm³/mol. The third-order valence-corrected chi connectivity index (χ3v) is 4.95. The lowest BCUT2D eigenvalue weighted by Crippen LogP contribution is -2.11. The van der Waals surface area contributed by atoms with Crippen LogP contribution in [0, 0.1) is 17.1 Å². The van der Waals surface area contributed by atoms with Gasteiger partial charge in [-0.05, 0) is 55.5 Å². The molecule has 0 aliphatic rings. The van der Waals surface area contributed by atoms with Crippen molar-refractivity contribution in [2.24, 2.45) is 5.14 Å². The van der Waals surface area contributed by atoms with E-state index in [0.717, 1.165) is 6.20 Å². The van der Waals surface area contributed by atoms with Crippen LogP contribution in [0.3, 0.4) is 0 Å². The zero-order chi connectivity index (χ0) is 22.4. The van der Waals surface area contributed by atoms with Gasteiger partial charge in [-0.2, -0.15) is 10.2 Å². The molecule has 1 unspecified atom stereocenters. The second-order valence-electron chi connectivity index (χ2n) is 6.52. The Kier molecular flexibility index (Phi) is 6.64. The summed E-state index contributed by atoms with van der Waals surface area (Å²) in [5, 5.41) is 19.5. The van der Waals surface area contributed by atoms with Crippen LogP contribution >= 0.6 is 0 Å². The molecule has 0 saturated carbocycles. The molecule has 2 aromatic carbocycles. The first-order chi connectivity index (χ1) is 14.7. The Morgan fingerprint density at radius 1 is 1.13 bits per heavy atom. The molecule has 0 aliphatic heterocycles. The van der Waals surface area contributed by atoms with E-state index >= 15 is 0 Å². The molecule has 3 rings (SSSR count). The van der Waals surface area contributed by atoms with Crippen molar-refractivity contribution in [2.75, 3.05) is 10.6 Å². The van der Waals surface area contributed by atoms with Crippen molar-refractivity contribution in [1.82, 2.24) is 9.97 Å². The molecule has 0 aliphatic carbocycles. The first-order valence-electron chi connectivity index (χ1n) is 9.08. The Balaban J connectivity index is 1.70. The van der Waals surface area contributed by atoms with Gasteiger partial charge < -0.3 is 15.4 Å². The molecule has 1 aromatic heterocycles. The molecule has 3 aromatic rings. The average Bonchev–Trinajstić information content (AvgIpc) is 2.72. The third kappa shape index (κ3) is 6.11. The number of nitriles is 1. The number of nitrogens with one attached hydrogen (secondary N) is 2. The summed E-state index contributed by atoms with van der Waals surface area (Å²) in [7, 11) is -3.79. The molecule has 4 N–H and O–H groups in total. The maximum atomic E-state index is 14.2. The Bertz CT molecular complexity index is 1200. The fourth-order valence-electron chi connectivity index (χ4n) is 2.53. The lowest BCUT2D eigenvalue weighted by molar-refractivity contribution is 0.227. The van der Waals surface area contributed by atoms with Crippen LogP contribution in [-0.2, 0) is 10.0 Å². The molecule has 1 atom stereocenters. The lowest BCUT2D eigenvalue weighted by atomic mass is 10.2. The van der Waals surface area contributed by atoms with Gasteiger partial charge in [0.2, 0.25) is 16.0 Å². The molecule has 31 heavy (non-hydrogen) atoms. The summed E-state index contributed by atoms with van der Waals surface area (Å²) in [6.07, 6.45) is 1.04. The number of ether oxygens (including phenoxy) is 1. The summed E-state index contributed by atoms with van der Waals surface area (Å²) in [5.41, 5.74) is 1.07. The minimum atomic E-state index is -3.79. The third-order valence-electron chi connectivity index (χ3n) is 4.02. The minimum absolute atomic E-state index is 0.0325. The first-order valence-corrected chi connectivity index (χ1v) is 10.6. The molecule has 0 fully saturated rings. The fraction of sp³-hybridized carbons (Fsp3) is 0.150. The van der Waals surface area contributed by atoms with Gasteiger partial charge in [-0.3, -0.25) is 0 Å². The van der Waals surface area contributed by atoms with Crippen LogP contribution in [0.5, 0.6) is 5.75 Å². The normalized spacial score (nSPS) is 11.9. The van der Waals surface area contributed by atoms with Gasteiger partial charge in [-0.25, -0.2) is 22.9 Å². The Labute approximate surface area is 178 Å². The molecule has 0 spiro atoms. The highest BCUT2D eigenvalue weighted by atomic mass is 32.2. The first kappa shape index (κ1) is 21.9. The summed E-state index contributed by atoms with van der Waals surface area (Å²) in [6.45, 7) is 1.79. The van der Waals surface area contributed by atoms with Gasteiger partial charge in [0.25, 0.3) is 0 Å². The molecule has 0 saturated heterocycles. The number of anilines is 4. The van der Waals surface area contributed by atoms with Gasteiger partial charge in [-0.1, -0.05) is 0 Å². The average molecular weight is 442 g/mol. The number of aromatic nitrogens is 2. The van der Waals surface area contributed by atoms with Crippen LogP contribution in [0.2, 0.25) is 0 Å². The van der Waals surface area contributed by atoms with Crippen molar-refractivity contribution in [3.8, 4) is 11.8 Å². The number of nitrogens with zero attached hydrogens (tertiary/aromatic N) is 3. The van der Waals surface area contributed by atoms with E-state index in [2.05, 4.69) is 20.6 Å². The number of sulfonamides is 1. The van der Waals surface area contributed by atoms with E-state index in [9.17, 15) is 12.8 Å². The number of nitrogens with two attached hydrogens (primary N) is 1. The number of primary sulfonamides is 1. The Morgan fingerprint density at radius 3 is 2.35 bits per heavy atom. The van der Waals surface area contributed by atoms with E-state index in [1.54, 1.807) is 31.2 Å². The monoisotopic (exact) mass is 442 g/mol. The molecule has 0 bridgehead atoms. The SMILES string of the molecule is CC(CC#N)Oc1ccc(Nc2nc(Nc3ccc(S(N)(=O)=O)cc3)ncc2F)cc1. The molecule has 0 amide bonds. The van der Waals surface area contributed by atoms with Crippen molar-refractivity contribution >= 4 is 33.2 Å². The van der Waals surface area contributed by atoms with E-state index < -0.39 is 15.8 Å². The zero-order valence-electron chi connectivity index (χ0n) is 16.4. The van der Waals surface area contributed by atoms with E-state index in [1.807, 2.05) is 6.07 Å². The quantitative estimate of drug-likeness (QED) is 0.481. The fourth-order valence-corrected chi connectivity index (χ4v) is 3.04. The predicted octanol–water partition coefficient (Wildman–Crippen LogP) is 3.43. The minimum Gasteiger partial charge on any atom is -0.490 e. The molecule has 11 heteroatoms.